The number of fused-ring (bicyclic) bond motifs is 1. The maximum Gasteiger partial charge on any atom is 0.267 e. The molecule has 2 aromatic heterocycles. The Bertz CT molecular complexity index is 1070. The van der Waals surface area contributed by atoms with Crippen LogP contribution in [0.1, 0.15) is 43.7 Å². The van der Waals surface area contributed by atoms with Gasteiger partial charge >= 0.3 is 0 Å². The van der Waals surface area contributed by atoms with Gasteiger partial charge in [0.1, 0.15) is 15.8 Å². The van der Waals surface area contributed by atoms with Crippen LogP contribution < -0.4 is 10.5 Å². The second kappa shape index (κ2) is 8.28. The normalized spacial score (nSPS) is 18.6. The monoisotopic (exact) mass is 428 g/mol. The topological polar surface area (TPSA) is 57.9 Å². The average Bonchev–Trinajstić information content (AvgIpc) is 3.32. The van der Waals surface area contributed by atoms with E-state index in [9.17, 15) is 9.59 Å². The summed E-state index contributed by atoms with van der Waals surface area (Å²) in [5, 5.41) is 0. The van der Waals surface area contributed by atoms with E-state index in [1.807, 2.05) is 19.1 Å². The van der Waals surface area contributed by atoms with E-state index >= 15 is 0 Å². The van der Waals surface area contributed by atoms with Gasteiger partial charge in [-0.25, -0.2) is 4.98 Å². The van der Waals surface area contributed by atoms with Crippen LogP contribution in [0.3, 0.4) is 0 Å². The number of unbranched alkanes of at least 4 members (excludes halogenated alkanes) is 1. The molecule has 4 heterocycles. The predicted octanol–water partition coefficient (Wildman–Crippen LogP) is 3.60. The Morgan fingerprint density at radius 1 is 1.28 bits per heavy atom. The van der Waals surface area contributed by atoms with E-state index in [0.717, 1.165) is 44.3 Å². The van der Waals surface area contributed by atoms with E-state index in [2.05, 4.69) is 11.8 Å². The Kier molecular flexibility index (Phi) is 5.74. The van der Waals surface area contributed by atoms with E-state index in [-0.39, 0.29) is 11.5 Å². The molecule has 0 N–H and O–H groups in total. The summed E-state index contributed by atoms with van der Waals surface area (Å²) in [4.78, 5) is 35.4. The van der Waals surface area contributed by atoms with Crippen molar-refractivity contribution in [3.8, 4) is 0 Å². The lowest BCUT2D eigenvalue weighted by Crippen LogP contribution is -2.29. The van der Waals surface area contributed by atoms with Gasteiger partial charge in [-0.1, -0.05) is 43.4 Å². The molecule has 4 rings (SSSR count). The van der Waals surface area contributed by atoms with Gasteiger partial charge in [0, 0.05) is 25.8 Å². The quantitative estimate of drug-likeness (QED) is 0.536. The van der Waals surface area contributed by atoms with Crippen molar-refractivity contribution in [1.29, 1.82) is 0 Å². The lowest BCUT2D eigenvalue weighted by Gasteiger charge is -2.20. The Hall–Kier alpha value is -2.19. The molecular formula is C21H24N4O2S2. The molecule has 0 radical (unpaired) electrons. The highest BCUT2D eigenvalue weighted by Crippen LogP contribution is 2.34. The van der Waals surface area contributed by atoms with Crippen LogP contribution in [0.4, 0.5) is 5.82 Å². The molecule has 0 aliphatic carbocycles. The molecule has 0 saturated carbocycles. The number of thioether (sulfide) groups is 1. The lowest BCUT2D eigenvalue weighted by atomic mass is 10.2. The van der Waals surface area contributed by atoms with Gasteiger partial charge in [0.2, 0.25) is 0 Å². The Morgan fingerprint density at radius 2 is 2.03 bits per heavy atom. The van der Waals surface area contributed by atoms with Crippen LogP contribution in [-0.4, -0.2) is 44.1 Å². The Balaban J connectivity index is 1.84. The molecule has 29 heavy (non-hydrogen) atoms. The summed E-state index contributed by atoms with van der Waals surface area (Å²) in [5.74, 6) is 0.551. The second-order valence-corrected chi connectivity index (χ2v) is 9.10. The lowest BCUT2D eigenvalue weighted by molar-refractivity contribution is -0.122. The number of amides is 1. The van der Waals surface area contributed by atoms with Crippen molar-refractivity contribution >= 4 is 51.7 Å². The molecule has 2 saturated heterocycles. The van der Waals surface area contributed by atoms with Crippen LogP contribution in [0, 0.1) is 6.92 Å². The number of carbonyl (C=O) groups excluding carboxylic acids is 1. The van der Waals surface area contributed by atoms with Crippen LogP contribution in [0.25, 0.3) is 11.7 Å². The number of nitrogens with zero attached hydrogens (tertiary/aromatic N) is 4. The first-order valence-corrected chi connectivity index (χ1v) is 11.3. The molecule has 6 nitrogen and oxygen atoms in total. The van der Waals surface area contributed by atoms with Crippen molar-refractivity contribution in [1.82, 2.24) is 14.3 Å². The molecule has 152 valence electrons. The van der Waals surface area contributed by atoms with E-state index in [1.165, 1.54) is 11.8 Å². The van der Waals surface area contributed by atoms with Crippen LogP contribution in [-0.2, 0) is 4.79 Å². The first-order valence-electron chi connectivity index (χ1n) is 10.0. The summed E-state index contributed by atoms with van der Waals surface area (Å²) in [7, 11) is 0. The van der Waals surface area contributed by atoms with Crippen molar-refractivity contribution in [3.63, 3.8) is 0 Å². The van der Waals surface area contributed by atoms with Crippen LogP contribution in [0.2, 0.25) is 0 Å². The highest BCUT2D eigenvalue weighted by atomic mass is 32.2. The van der Waals surface area contributed by atoms with Gasteiger partial charge < -0.3 is 4.90 Å². The van der Waals surface area contributed by atoms with Gasteiger partial charge in [-0.15, -0.1) is 0 Å². The van der Waals surface area contributed by atoms with Crippen LogP contribution in [0.15, 0.2) is 28.0 Å². The van der Waals surface area contributed by atoms with E-state index in [4.69, 9.17) is 17.2 Å². The van der Waals surface area contributed by atoms with E-state index in [1.54, 1.807) is 21.6 Å². The van der Waals surface area contributed by atoms with Crippen molar-refractivity contribution in [3.05, 3.63) is 44.7 Å². The van der Waals surface area contributed by atoms with Crippen molar-refractivity contribution in [2.45, 2.75) is 39.5 Å². The summed E-state index contributed by atoms with van der Waals surface area (Å²) in [6.45, 7) is 6.39. The third-order valence-electron chi connectivity index (χ3n) is 5.35. The maximum atomic E-state index is 13.4. The van der Waals surface area contributed by atoms with Gasteiger partial charge in [0.05, 0.1) is 10.5 Å². The fraction of sp³-hybridized carbons (Fsp3) is 0.429. The van der Waals surface area contributed by atoms with E-state index < -0.39 is 0 Å². The van der Waals surface area contributed by atoms with E-state index in [0.29, 0.717) is 32.8 Å². The number of aromatic nitrogens is 2. The second-order valence-electron chi connectivity index (χ2n) is 7.42. The number of anilines is 1. The van der Waals surface area contributed by atoms with Gasteiger partial charge in [-0.3, -0.25) is 18.9 Å². The molecular weight excluding hydrogens is 404 g/mol. The first-order chi connectivity index (χ1) is 14.0. The highest BCUT2D eigenvalue weighted by molar-refractivity contribution is 8.26. The zero-order valence-electron chi connectivity index (χ0n) is 16.7. The zero-order chi connectivity index (χ0) is 20.5. The van der Waals surface area contributed by atoms with Crippen molar-refractivity contribution in [2.75, 3.05) is 24.5 Å². The molecule has 0 bridgehead atoms. The fourth-order valence-corrected chi connectivity index (χ4v) is 5.03. The predicted molar refractivity (Wildman–Crippen MR) is 122 cm³/mol. The first kappa shape index (κ1) is 20.1. The fourth-order valence-electron chi connectivity index (χ4n) is 3.74. The van der Waals surface area contributed by atoms with Gasteiger partial charge in [-0.05, 0) is 43.9 Å². The standard InChI is InChI=1S/C21H24N4O2S2/c1-3-4-11-25-20(27)16(29-21(25)28)13-15-18(23-9-5-6-10-23)22-17-14(2)8-7-12-24(17)19(15)26/h7-8,12-13H,3-6,9-11H2,1-2H3/b16-13-. The summed E-state index contributed by atoms with van der Waals surface area (Å²) >= 11 is 6.68. The van der Waals surface area contributed by atoms with Gasteiger partial charge in [0.25, 0.3) is 11.5 Å². The minimum Gasteiger partial charge on any atom is -0.356 e. The van der Waals surface area contributed by atoms with Gasteiger partial charge in [-0.2, -0.15) is 0 Å². The Labute approximate surface area is 179 Å². The third-order valence-corrected chi connectivity index (χ3v) is 6.73. The summed E-state index contributed by atoms with van der Waals surface area (Å²) in [6, 6.07) is 3.79. The maximum absolute atomic E-state index is 13.4. The number of hydrogen-bond donors (Lipinski definition) is 0. The zero-order valence-corrected chi connectivity index (χ0v) is 18.3. The number of carbonyl (C=O) groups is 1. The van der Waals surface area contributed by atoms with Crippen molar-refractivity contribution in [2.24, 2.45) is 0 Å². The molecule has 2 aromatic rings. The molecule has 2 fully saturated rings. The molecule has 0 aromatic carbocycles. The molecule has 1 amide bonds. The molecule has 0 spiro atoms. The number of rotatable bonds is 5. The SMILES string of the molecule is CCCCN1C(=O)/C(=C/c2c(N3CCCC3)nc3c(C)cccn3c2=O)SC1=S. The molecule has 2 aliphatic heterocycles. The molecule has 8 heteroatoms. The van der Waals surface area contributed by atoms with Gasteiger partial charge in [0.15, 0.2) is 0 Å². The van der Waals surface area contributed by atoms with Crippen LogP contribution in [0.5, 0.6) is 0 Å². The largest absolute Gasteiger partial charge is 0.356 e. The Morgan fingerprint density at radius 3 is 2.76 bits per heavy atom. The number of hydrogen-bond acceptors (Lipinski definition) is 6. The number of thiocarbonyl (C=S) groups is 1. The molecule has 0 unspecified atom stereocenters. The highest BCUT2D eigenvalue weighted by Gasteiger charge is 2.32. The third kappa shape index (κ3) is 3.71. The van der Waals surface area contributed by atoms with Crippen LogP contribution >= 0.6 is 24.0 Å². The summed E-state index contributed by atoms with van der Waals surface area (Å²) in [6.07, 6.45) is 7.47. The summed E-state index contributed by atoms with van der Waals surface area (Å²) < 4.78 is 2.13. The number of aryl methyl sites for hydroxylation is 1. The van der Waals surface area contributed by atoms with Crippen molar-refractivity contribution < 1.29 is 4.79 Å². The smallest absolute Gasteiger partial charge is 0.267 e. The average molecular weight is 429 g/mol. The minimum absolute atomic E-state index is 0.116. The number of pyridine rings is 1. The minimum atomic E-state index is -0.153. The summed E-state index contributed by atoms with van der Waals surface area (Å²) in [5.41, 5.74) is 1.92. The molecule has 0 atom stereocenters. The molecule has 2 aliphatic rings.